The molecule has 7 nitrogen and oxygen atoms in total. The molecule has 0 bridgehead atoms. The van der Waals surface area contributed by atoms with Crippen LogP contribution in [0.25, 0.3) is 0 Å². The third-order valence-electron chi connectivity index (χ3n) is 4.28. The summed E-state index contributed by atoms with van der Waals surface area (Å²) in [6.07, 6.45) is 0.771. The number of sulfonamides is 1. The number of nitrogens with one attached hydrogen (secondary N) is 2. The minimum atomic E-state index is -3.60. The molecular formula is C17H28ClN3O4S. The van der Waals surface area contributed by atoms with E-state index in [1.165, 1.54) is 16.4 Å². The summed E-state index contributed by atoms with van der Waals surface area (Å²) in [7, 11) is -3.60. The van der Waals surface area contributed by atoms with E-state index in [-0.39, 0.29) is 29.1 Å². The van der Waals surface area contributed by atoms with E-state index in [9.17, 15) is 13.2 Å². The third-order valence-corrected chi connectivity index (χ3v) is 6.33. The molecule has 1 aliphatic rings. The SMILES string of the molecule is CCOc1ccc(S(=O)(=O)N(CC)CC)cc1NC(=O)C1CCNC1.Cl. The van der Waals surface area contributed by atoms with Gasteiger partial charge in [0.25, 0.3) is 0 Å². The first kappa shape index (κ1) is 22.7. The van der Waals surface area contributed by atoms with Gasteiger partial charge in [0.1, 0.15) is 5.75 Å². The topological polar surface area (TPSA) is 87.7 Å². The number of carbonyl (C=O) groups excluding carboxylic acids is 1. The first-order chi connectivity index (χ1) is 11.9. The smallest absolute Gasteiger partial charge is 0.243 e. The van der Waals surface area contributed by atoms with Gasteiger partial charge in [-0.1, -0.05) is 13.8 Å². The summed E-state index contributed by atoms with van der Waals surface area (Å²) in [6, 6.07) is 4.60. The molecule has 0 saturated carbocycles. The van der Waals surface area contributed by atoms with Crippen LogP contribution in [-0.2, 0) is 14.8 Å². The Morgan fingerprint density at radius 2 is 2.00 bits per heavy atom. The van der Waals surface area contributed by atoms with Gasteiger partial charge in [-0.15, -0.1) is 12.4 Å². The van der Waals surface area contributed by atoms with Crippen LogP contribution < -0.4 is 15.4 Å². The van der Waals surface area contributed by atoms with Gasteiger partial charge >= 0.3 is 0 Å². The predicted molar refractivity (Wildman–Crippen MR) is 105 cm³/mol. The molecule has 1 aromatic carbocycles. The van der Waals surface area contributed by atoms with Crippen LogP contribution in [0.3, 0.4) is 0 Å². The maximum atomic E-state index is 12.7. The number of ether oxygens (including phenoxy) is 1. The highest BCUT2D eigenvalue weighted by atomic mass is 35.5. The Bertz CT molecular complexity index is 702. The van der Waals surface area contributed by atoms with E-state index in [2.05, 4.69) is 10.6 Å². The third kappa shape index (κ3) is 5.09. The van der Waals surface area contributed by atoms with Gasteiger partial charge in [0, 0.05) is 19.6 Å². The molecule has 0 aliphatic carbocycles. The first-order valence-corrected chi connectivity index (χ1v) is 10.2. The maximum Gasteiger partial charge on any atom is 0.243 e. The zero-order valence-electron chi connectivity index (χ0n) is 15.4. The molecule has 1 aromatic rings. The van der Waals surface area contributed by atoms with Crippen LogP contribution in [0.1, 0.15) is 27.2 Å². The number of rotatable bonds is 8. The summed E-state index contributed by atoms with van der Waals surface area (Å²) < 4.78 is 32.4. The van der Waals surface area contributed by atoms with Crippen LogP contribution in [0, 0.1) is 5.92 Å². The second-order valence-electron chi connectivity index (χ2n) is 5.86. The second-order valence-corrected chi connectivity index (χ2v) is 7.80. The van der Waals surface area contributed by atoms with Gasteiger partial charge in [0.15, 0.2) is 0 Å². The molecule has 2 N–H and O–H groups in total. The minimum absolute atomic E-state index is 0. The molecule has 148 valence electrons. The summed E-state index contributed by atoms with van der Waals surface area (Å²) in [5, 5.41) is 5.99. The van der Waals surface area contributed by atoms with Gasteiger partial charge < -0.3 is 15.4 Å². The Morgan fingerprint density at radius 1 is 1.31 bits per heavy atom. The molecule has 26 heavy (non-hydrogen) atoms. The molecular weight excluding hydrogens is 378 g/mol. The average molecular weight is 406 g/mol. The molecule has 0 aromatic heterocycles. The molecule has 2 rings (SSSR count). The molecule has 0 spiro atoms. The van der Waals surface area contributed by atoms with Crippen molar-refractivity contribution in [3.63, 3.8) is 0 Å². The van der Waals surface area contributed by atoms with E-state index in [1.807, 2.05) is 6.92 Å². The van der Waals surface area contributed by atoms with E-state index in [4.69, 9.17) is 4.74 Å². The molecule has 1 aliphatic heterocycles. The van der Waals surface area contributed by atoms with Crippen molar-refractivity contribution in [1.29, 1.82) is 0 Å². The van der Waals surface area contributed by atoms with E-state index in [0.29, 0.717) is 37.7 Å². The van der Waals surface area contributed by atoms with E-state index >= 15 is 0 Å². The standard InChI is InChI=1S/C17H27N3O4S.ClH/c1-4-20(5-2)25(22,23)14-7-8-16(24-6-3)15(11-14)19-17(21)13-9-10-18-12-13;/h7-8,11,13,18H,4-6,9-10,12H2,1-3H3,(H,19,21);1H. The van der Waals surface area contributed by atoms with E-state index in [0.717, 1.165) is 13.0 Å². The molecule has 9 heteroatoms. The molecule has 1 unspecified atom stereocenters. The highest BCUT2D eigenvalue weighted by Crippen LogP contribution is 2.30. The lowest BCUT2D eigenvalue weighted by molar-refractivity contribution is -0.119. The predicted octanol–water partition coefficient (Wildman–Crippen LogP) is 2.09. The molecule has 0 radical (unpaired) electrons. The van der Waals surface area contributed by atoms with Crippen molar-refractivity contribution in [3.05, 3.63) is 18.2 Å². The molecule has 1 amide bonds. The van der Waals surface area contributed by atoms with Crippen molar-refractivity contribution in [1.82, 2.24) is 9.62 Å². The molecule has 1 saturated heterocycles. The number of hydrogen-bond acceptors (Lipinski definition) is 5. The normalized spacial score (nSPS) is 17.0. The number of halogens is 1. The Hall–Kier alpha value is -1.35. The van der Waals surface area contributed by atoms with Crippen LogP contribution in [0.4, 0.5) is 5.69 Å². The number of carbonyl (C=O) groups is 1. The number of anilines is 1. The fourth-order valence-electron chi connectivity index (χ4n) is 2.87. The Balaban J connectivity index is 0.00000338. The van der Waals surface area contributed by atoms with Crippen molar-refractivity contribution in [2.75, 3.05) is 38.1 Å². The molecule has 1 atom stereocenters. The van der Waals surface area contributed by atoms with Crippen molar-refractivity contribution < 1.29 is 17.9 Å². The zero-order chi connectivity index (χ0) is 18.4. The summed E-state index contributed by atoms with van der Waals surface area (Å²) in [5.74, 6) is 0.237. The van der Waals surface area contributed by atoms with Crippen molar-refractivity contribution in [3.8, 4) is 5.75 Å². The van der Waals surface area contributed by atoms with Gasteiger partial charge in [-0.05, 0) is 38.1 Å². The number of amides is 1. The highest BCUT2D eigenvalue weighted by Gasteiger charge is 2.26. The zero-order valence-corrected chi connectivity index (χ0v) is 17.1. The lowest BCUT2D eigenvalue weighted by Gasteiger charge is -2.20. The van der Waals surface area contributed by atoms with E-state index in [1.54, 1.807) is 19.9 Å². The summed E-state index contributed by atoms with van der Waals surface area (Å²) in [4.78, 5) is 12.6. The van der Waals surface area contributed by atoms with Crippen LogP contribution >= 0.6 is 12.4 Å². The fourth-order valence-corrected chi connectivity index (χ4v) is 4.36. The maximum absolute atomic E-state index is 12.7. The fraction of sp³-hybridized carbons (Fsp3) is 0.588. The van der Waals surface area contributed by atoms with Crippen molar-refractivity contribution in [2.24, 2.45) is 5.92 Å². The van der Waals surface area contributed by atoms with Gasteiger partial charge in [-0.25, -0.2) is 8.42 Å². The van der Waals surface area contributed by atoms with Gasteiger partial charge in [0.05, 0.1) is 23.1 Å². The van der Waals surface area contributed by atoms with Crippen LogP contribution in [0.5, 0.6) is 5.75 Å². The lowest BCUT2D eigenvalue weighted by atomic mass is 10.1. The van der Waals surface area contributed by atoms with Crippen molar-refractivity contribution in [2.45, 2.75) is 32.1 Å². The Kier molecular flexibility index (Phi) is 8.82. The van der Waals surface area contributed by atoms with Crippen molar-refractivity contribution >= 4 is 34.0 Å². The first-order valence-electron chi connectivity index (χ1n) is 8.72. The minimum Gasteiger partial charge on any atom is -0.492 e. The number of nitrogens with zero attached hydrogens (tertiary/aromatic N) is 1. The van der Waals surface area contributed by atoms with Gasteiger partial charge in [-0.2, -0.15) is 4.31 Å². The van der Waals surface area contributed by atoms with E-state index < -0.39 is 10.0 Å². The Morgan fingerprint density at radius 3 is 2.54 bits per heavy atom. The van der Waals surface area contributed by atoms with Crippen LogP contribution in [0.2, 0.25) is 0 Å². The average Bonchev–Trinajstić information content (AvgIpc) is 3.12. The van der Waals surface area contributed by atoms with Gasteiger partial charge in [-0.3, -0.25) is 4.79 Å². The Labute approximate surface area is 161 Å². The molecule has 1 heterocycles. The number of hydrogen-bond donors (Lipinski definition) is 2. The van der Waals surface area contributed by atoms with Gasteiger partial charge in [0.2, 0.25) is 15.9 Å². The van der Waals surface area contributed by atoms with Crippen LogP contribution in [0.15, 0.2) is 23.1 Å². The second kappa shape index (κ2) is 10.1. The summed E-state index contributed by atoms with van der Waals surface area (Å²) in [6.45, 7) is 8.09. The summed E-state index contributed by atoms with van der Waals surface area (Å²) in [5.41, 5.74) is 0.395. The highest BCUT2D eigenvalue weighted by molar-refractivity contribution is 7.89. The lowest BCUT2D eigenvalue weighted by Crippen LogP contribution is -2.30. The molecule has 1 fully saturated rings. The van der Waals surface area contributed by atoms with Crippen LogP contribution in [-0.4, -0.2) is 51.4 Å². The summed E-state index contributed by atoms with van der Waals surface area (Å²) >= 11 is 0. The number of benzene rings is 1. The monoisotopic (exact) mass is 405 g/mol. The largest absolute Gasteiger partial charge is 0.492 e. The quantitative estimate of drug-likeness (QED) is 0.691.